The summed E-state index contributed by atoms with van der Waals surface area (Å²) in [5.74, 6) is -0.716. The van der Waals surface area contributed by atoms with Crippen molar-refractivity contribution in [1.82, 2.24) is 4.90 Å². The highest BCUT2D eigenvalue weighted by atomic mass is 35.5. The average Bonchev–Trinajstić information content (AvgIpc) is 2.47. The van der Waals surface area contributed by atoms with E-state index in [0.717, 1.165) is 39.0 Å². The van der Waals surface area contributed by atoms with Gasteiger partial charge < -0.3 is 14.7 Å². The van der Waals surface area contributed by atoms with E-state index < -0.39 is 5.97 Å². The molecule has 1 aliphatic heterocycles. The van der Waals surface area contributed by atoms with Crippen LogP contribution in [0.25, 0.3) is 0 Å². The molecule has 0 spiro atoms. The first kappa shape index (κ1) is 18.0. The van der Waals surface area contributed by atoms with E-state index in [1.807, 2.05) is 6.07 Å². The molecule has 5 heteroatoms. The maximum Gasteiger partial charge on any atom is 0.304 e. The molecule has 1 heterocycles. The van der Waals surface area contributed by atoms with Crippen molar-refractivity contribution >= 4 is 18.4 Å². The summed E-state index contributed by atoms with van der Waals surface area (Å²) in [7, 11) is 0. The van der Waals surface area contributed by atoms with Crippen LogP contribution in [0.15, 0.2) is 30.3 Å². The fourth-order valence-electron chi connectivity index (χ4n) is 2.54. The van der Waals surface area contributed by atoms with Crippen molar-refractivity contribution in [3.8, 4) is 0 Å². The highest BCUT2D eigenvalue weighted by molar-refractivity contribution is 5.85. The monoisotopic (exact) mass is 313 g/mol. The Hall–Kier alpha value is -1.10. The topological polar surface area (TPSA) is 49.8 Å². The molecule has 1 aromatic rings. The molecule has 0 aromatic heterocycles. The second-order valence-corrected chi connectivity index (χ2v) is 5.29. The molecule has 1 N–H and O–H groups in total. The SMILES string of the molecule is Cl.O=C(O)CCN1CCC(OCCc2ccccc2)CC1. The lowest BCUT2D eigenvalue weighted by Gasteiger charge is -2.31. The van der Waals surface area contributed by atoms with Gasteiger partial charge in [0.25, 0.3) is 0 Å². The van der Waals surface area contributed by atoms with Crippen molar-refractivity contribution in [2.75, 3.05) is 26.2 Å². The minimum atomic E-state index is -0.716. The van der Waals surface area contributed by atoms with Gasteiger partial charge in [0, 0.05) is 19.6 Å². The summed E-state index contributed by atoms with van der Waals surface area (Å²) in [5, 5.41) is 8.67. The first-order valence-corrected chi connectivity index (χ1v) is 7.34. The van der Waals surface area contributed by atoms with Gasteiger partial charge in [-0.3, -0.25) is 4.79 Å². The fraction of sp³-hybridized carbons (Fsp3) is 0.562. The molecule has 118 valence electrons. The van der Waals surface area contributed by atoms with Crippen molar-refractivity contribution in [1.29, 1.82) is 0 Å². The van der Waals surface area contributed by atoms with Crippen LogP contribution >= 0.6 is 12.4 Å². The van der Waals surface area contributed by atoms with Gasteiger partial charge in [0.2, 0.25) is 0 Å². The van der Waals surface area contributed by atoms with Gasteiger partial charge in [-0.25, -0.2) is 0 Å². The highest BCUT2D eigenvalue weighted by Gasteiger charge is 2.19. The summed E-state index contributed by atoms with van der Waals surface area (Å²) in [6.07, 6.45) is 3.54. The smallest absolute Gasteiger partial charge is 0.304 e. The zero-order chi connectivity index (χ0) is 14.2. The van der Waals surface area contributed by atoms with Crippen molar-refractivity contribution in [2.45, 2.75) is 31.8 Å². The number of piperidine rings is 1. The minimum absolute atomic E-state index is 0. The van der Waals surface area contributed by atoms with E-state index in [1.54, 1.807) is 0 Å². The van der Waals surface area contributed by atoms with Crippen LogP contribution in [-0.4, -0.2) is 48.3 Å². The van der Waals surface area contributed by atoms with E-state index in [1.165, 1.54) is 5.56 Å². The Morgan fingerprint density at radius 2 is 1.90 bits per heavy atom. The number of halogens is 1. The number of carboxylic acid groups (broad SMARTS) is 1. The number of ether oxygens (including phenoxy) is 1. The number of aliphatic carboxylic acids is 1. The van der Waals surface area contributed by atoms with E-state index in [2.05, 4.69) is 29.2 Å². The Balaban J connectivity index is 0.00000220. The van der Waals surface area contributed by atoms with Gasteiger partial charge >= 0.3 is 5.97 Å². The molecule has 0 unspecified atom stereocenters. The molecule has 4 nitrogen and oxygen atoms in total. The lowest BCUT2D eigenvalue weighted by atomic mass is 10.1. The van der Waals surface area contributed by atoms with Gasteiger partial charge in [0.1, 0.15) is 0 Å². The van der Waals surface area contributed by atoms with E-state index in [9.17, 15) is 4.79 Å². The quantitative estimate of drug-likeness (QED) is 0.840. The molecule has 0 aliphatic carbocycles. The molecular weight excluding hydrogens is 290 g/mol. The van der Waals surface area contributed by atoms with Crippen molar-refractivity contribution in [3.63, 3.8) is 0 Å². The van der Waals surface area contributed by atoms with Gasteiger partial charge in [0.05, 0.1) is 19.1 Å². The lowest BCUT2D eigenvalue weighted by molar-refractivity contribution is -0.137. The number of carbonyl (C=O) groups is 1. The molecular formula is C16H24ClNO3. The number of hydrogen-bond acceptors (Lipinski definition) is 3. The Kier molecular flexibility index (Phi) is 8.35. The predicted octanol–water partition coefficient (Wildman–Crippen LogP) is 2.61. The number of benzene rings is 1. The molecule has 0 saturated carbocycles. The van der Waals surface area contributed by atoms with Crippen LogP contribution in [0.1, 0.15) is 24.8 Å². The van der Waals surface area contributed by atoms with E-state index in [4.69, 9.17) is 9.84 Å². The zero-order valence-electron chi connectivity index (χ0n) is 12.2. The average molecular weight is 314 g/mol. The number of rotatable bonds is 7. The maximum atomic E-state index is 10.5. The van der Waals surface area contributed by atoms with Crippen molar-refractivity contribution in [2.24, 2.45) is 0 Å². The number of carboxylic acids is 1. The Bertz CT molecular complexity index is 405. The van der Waals surface area contributed by atoms with Crippen LogP contribution in [0.3, 0.4) is 0 Å². The number of nitrogens with zero attached hydrogens (tertiary/aromatic N) is 1. The molecule has 1 aliphatic rings. The summed E-state index contributed by atoms with van der Waals surface area (Å²) in [4.78, 5) is 12.7. The van der Waals surface area contributed by atoms with Crippen LogP contribution < -0.4 is 0 Å². The molecule has 1 fully saturated rings. The lowest BCUT2D eigenvalue weighted by Crippen LogP contribution is -2.38. The maximum absolute atomic E-state index is 10.5. The first-order chi connectivity index (χ1) is 9.74. The fourth-order valence-corrected chi connectivity index (χ4v) is 2.54. The second kappa shape index (κ2) is 9.77. The standard InChI is InChI=1S/C16H23NO3.ClH/c18-16(19)8-12-17-10-6-15(7-11-17)20-13-9-14-4-2-1-3-5-14;/h1-5,15H,6-13H2,(H,18,19);1H. The van der Waals surface area contributed by atoms with Gasteiger partial charge in [-0.05, 0) is 24.8 Å². The Morgan fingerprint density at radius 3 is 2.52 bits per heavy atom. The molecule has 0 amide bonds. The molecule has 1 saturated heterocycles. The van der Waals surface area contributed by atoms with Crippen molar-refractivity contribution in [3.05, 3.63) is 35.9 Å². The summed E-state index contributed by atoms with van der Waals surface area (Å²) in [6.45, 7) is 3.32. The van der Waals surface area contributed by atoms with Crippen LogP contribution in [-0.2, 0) is 16.0 Å². The minimum Gasteiger partial charge on any atom is -0.481 e. The summed E-state index contributed by atoms with van der Waals surface area (Å²) in [5.41, 5.74) is 1.31. The molecule has 0 radical (unpaired) electrons. The van der Waals surface area contributed by atoms with Gasteiger partial charge in [0.15, 0.2) is 0 Å². The molecule has 21 heavy (non-hydrogen) atoms. The van der Waals surface area contributed by atoms with Gasteiger partial charge in [-0.1, -0.05) is 30.3 Å². The normalized spacial score (nSPS) is 16.4. The summed E-state index contributed by atoms with van der Waals surface area (Å²) >= 11 is 0. The largest absolute Gasteiger partial charge is 0.481 e. The van der Waals surface area contributed by atoms with E-state index >= 15 is 0 Å². The van der Waals surface area contributed by atoms with Crippen LogP contribution in [0.4, 0.5) is 0 Å². The molecule has 0 bridgehead atoms. The summed E-state index contributed by atoms with van der Waals surface area (Å²) < 4.78 is 5.92. The van der Waals surface area contributed by atoms with Crippen LogP contribution in [0.2, 0.25) is 0 Å². The molecule has 2 rings (SSSR count). The number of hydrogen-bond donors (Lipinski definition) is 1. The highest BCUT2D eigenvalue weighted by Crippen LogP contribution is 2.14. The molecule has 0 atom stereocenters. The third kappa shape index (κ3) is 6.93. The first-order valence-electron chi connectivity index (χ1n) is 7.34. The van der Waals surface area contributed by atoms with Crippen molar-refractivity contribution < 1.29 is 14.6 Å². The van der Waals surface area contributed by atoms with E-state index in [-0.39, 0.29) is 18.8 Å². The van der Waals surface area contributed by atoms with Gasteiger partial charge in [-0.2, -0.15) is 0 Å². The number of likely N-dealkylation sites (tertiary alicyclic amines) is 1. The second-order valence-electron chi connectivity index (χ2n) is 5.29. The zero-order valence-corrected chi connectivity index (χ0v) is 13.1. The molecule has 1 aromatic carbocycles. The van der Waals surface area contributed by atoms with Crippen LogP contribution in [0.5, 0.6) is 0 Å². The Labute approximate surface area is 132 Å². The van der Waals surface area contributed by atoms with Crippen LogP contribution in [0, 0.1) is 0 Å². The predicted molar refractivity (Wildman–Crippen MR) is 85.1 cm³/mol. The van der Waals surface area contributed by atoms with E-state index in [0.29, 0.717) is 12.6 Å². The Morgan fingerprint density at radius 1 is 1.24 bits per heavy atom. The third-order valence-corrected chi connectivity index (χ3v) is 3.76. The third-order valence-electron chi connectivity index (χ3n) is 3.76. The van der Waals surface area contributed by atoms with Gasteiger partial charge in [-0.15, -0.1) is 12.4 Å². The summed E-state index contributed by atoms with van der Waals surface area (Å²) in [6, 6.07) is 10.4.